The number of thiazole rings is 1. The van der Waals surface area contributed by atoms with Gasteiger partial charge in [0.15, 0.2) is 5.96 Å². The standard InChI is InChI=1S/C24H37N5OS.HI/c1-4-25-24(27-17-23-28-19(2)20(3)31-23)26-13-8-16-30-22-11-14-29(15-12-22)18-21-9-6-5-7-10-21;/h5-7,9-10,22H,4,8,11-18H2,1-3H3,(H2,25,26,27);1H. The van der Waals surface area contributed by atoms with Crippen molar-refractivity contribution in [3.05, 3.63) is 51.5 Å². The number of nitrogens with one attached hydrogen (secondary N) is 2. The van der Waals surface area contributed by atoms with E-state index in [0.717, 1.165) is 75.3 Å². The van der Waals surface area contributed by atoms with Gasteiger partial charge in [0.1, 0.15) is 5.01 Å². The van der Waals surface area contributed by atoms with E-state index in [1.54, 1.807) is 11.3 Å². The minimum absolute atomic E-state index is 0. The van der Waals surface area contributed by atoms with Crippen LogP contribution in [0.4, 0.5) is 0 Å². The van der Waals surface area contributed by atoms with Gasteiger partial charge in [0.2, 0.25) is 0 Å². The Morgan fingerprint density at radius 1 is 1.19 bits per heavy atom. The van der Waals surface area contributed by atoms with E-state index in [0.29, 0.717) is 12.6 Å². The molecular weight excluding hydrogens is 533 g/mol. The summed E-state index contributed by atoms with van der Waals surface area (Å²) in [6.07, 6.45) is 3.61. The van der Waals surface area contributed by atoms with Crippen LogP contribution in [0.15, 0.2) is 35.3 Å². The second-order valence-corrected chi connectivity index (χ2v) is 9.34. The maximum absolute atomic E-state index is 6.13. The summed E-state index contributed by atoms with van der Waals surface area (Å²) >= 11 is 1.73. The number of hydrogen-bond donors (Lipinski definition) is 2. The molecule has 32 heavy (non-hydrogen) atoms. The highest BCUT2D eigenvalue weighted by atomic mass is 127. The lowest BCUT2D eigenvalue weighted by Gasteiger charge is -2.32. The number of guanidine groups is 1. The van der Waals surface area contributed by atoms with E-state index < -0.39 is 0 Å². The van der Waals surface area contributed by atoms with Gasteiger partial charge in [0, 0.05) is 44.2 Å². The third-order valence-electron chi connectivity index (χ3n) is 5.54. The number of halogens is 1. The van der Waals surface area contributed by atoms with E-state index in [1.807, 2.05) is 0 Å². The van der Waals surface area contributed by atoms with Crippen molar-refractivity contribution in [2.75, 3.05) is 32.8 Å². The van der Waals surface area contributed by atoms with Gasteiger partial charge in [0.25, 0.3) is 0 Å². The average molecular weight is 572 g/mol. The first kappa shape index (κ1) is 27.0. The van der Waals surface area contributed by atoms with Gasteiger partial charge in [-0.15, -0.1) is 35.3 Å². The van der Waals surface area contributed by atoms with Crippen LogP contribution in [0.3, 0.4) is 0 Å². The Morgan fingerprint density at radius 3 is 2.59 bits per heavy atom. The van der Waals surface area contributed by atoms with Gasteiger partial charge in [-0.25, -0.2) is 9.98 Å². The maximum atomic E-state index is 6.13. The Bertz CT molecular complexity index is 786. The van der Waals surface area contributed by atoms with E-state index in [-0.39, 0.29) is 24.0 Å². The second kappa shape index (κ2) is 14.8. The van der Waals surface area contributed by atoms with E-state index in [4.69, 9.17) is 4.74 Å². The van der Waals surface area contributed by atoms with Crippen LogP contribution in [0.2, 0.25) is 0 Å². The predicted octanol–water partition coefficient (Wildman–Crippen LogP) is 4.50. The zero-order chi connectivity index (χ0) is 21.9. The molecule has 1 aliphatic rings. The van der Waals surface area contributed by atoms with Gasteiger partial charge in [0.05, 0.1) is 18.3 Å². The number of aryl methyl sites for hydroxylation is 2. The maximum Gasteiger partial charge on any atom is 0.191 e. The highest BCUT2D eigenvalue weighted by Gasteiger charge is 2.19. The van der Waals surface area contributed by atoms with Crippen molar-refractivity contribution >= 4 is 41.3 Å². The zero-order valence-corrected chi connectivity index (χ0v) is 22.7. The number of hydrogen-bond acceptors (Lipinski definition) is 5. The van der Waals surface area contributed by atoms with Gasteiger partial charge in [-0.3, -0.25) is 4.90 Å². The van der Waals surface area contributed by atoms with Gasteiger partial charge in [-0.1, -0.05) is 30.3 Å². The minimum Gasteiger partial charge on any atom is -0.378 e. The number of likely N-dealkylation sites (tertiary alicyclic amines) is 1. The van der Waals surface area contributed by atoms with Crippen LogP contribution in [-0.4, -0.2) is 54.7 Å². The van der Waals surface area contributed by atoms with Gasteiger partial charge >= 0.3 is 0 Å². The van der Waals surface area contributed by atoms with Crippen molar-refractivity contribution in [1.29, 1.82) is 0 Å². The number of piperidine rings is 1. The molecule has 1 fully saturated rings. The van der Waals surface area contributed by atoms with Crippen LogP contribution in [0, 0.1) is 13.8 Å². The Labute approximate surface area is 214 Å². The minimum atomic E-state index is 0. The van der Waals surface area contributed by atoms with Gasteiger partial charge in [-0.05, 0) is 45.6 Å². The van der Waals surface area contributed by atoms with Crippen LogP contribution in [0.5, 0.6) is 0 Å². The zero-order valence-electron chi connectivity index (χ0n) is 19.6. The molecule has 0 radical (unpaired) electrons. The molecule has 1 aliphatic heterocycles. The van der Waals surface area contributed by atoms with Crippen molar-refractivity contribution in [2.45, 2.75) is 59.2 Å². The number of ether oxygens (including phenoxy) is 1. The molecule has 2 aromatic rings. The van der Waals surface area contributed by atoms with Crippen LogP contribution >= 0.6 is 35.3 Å². The summed E-state index contributed by atoms with van der Waals surface area (Å²) < 4.78 is 6.13. The third kappa shape index (κ3) is 9.33. The summed E-state index contributed by atoms with van der Waals surface area (Å²) in [7, 11) is 0. The fourth-order valence-corrected chi connectivity index (χ4v) is 4.56. The molecule has 0 bridgehead atoms. The number of benzene rings is 1. The molecule has 2 heterocycles. The van der Waals surface area contributed by atoms with Crippen LogP contribution in [0.1, 0.15) is 47.3 Å². The lowest BCUT2D eigenvalue weighted by molar-refractivity contribution is 0.00534. The quantitative estimate of drug-likeness (QED) is 0.190. The third-order valence-corrected chi connectivity index (χ3v) is 6.60. The molecule has 2 N–H and O–H groups in total. The molecular formula is C24H38IN5OS. The van der Waals surface area contributed by atoms with Crippen molar-refractivity contribution in [3.63, 3.8) is 0 Å². The highest BCUT2D eigenvalue weighted by molar-refractivity contribution is 14.0. The molecule has 6 nitrogen and oxygen atoms in total. The van der Waals surface area contributed by atoms with Crippen LogP contribution in [0.25, 0.3) is 0 Å². The van der Waals surface area contributed by atoms with Crippen molar-refractivity contribution in [2.24, 2.45) is 4.99 Å². The summed E-state index contributed by atoms with van der Waals surface area (Å²) in [4.78, 5) is 13.0. The number of aliphatic imine (C=N–C) groups is 1. The van der Waals surface area contributed by atoms with Crippen molar-refractivity contribution in [1.82, 2.24) is 20.5 Å². The number of rotatable bonds is 10. The van der Waals surface area contributed by atoms with Gasteiger partial charge in [-0.2, -0.15) is 0 Å². The summed E-state index contributed by atoms with van der Waals surface area (Å²) in [5.74, 6) is 0.849. The monoisotopic (exact) mass is 571 g/mol. The molecule has 0 spiro atoms. The summed E-state index contributed by atoms with van der Waals surface area (Å²) in [5.41, 5.74) is 2.50. The molecule has 178 valence electrons. The molecule has 8 heteroatoms. The first-order valence-electron chi connectivity index (χ1n) is 11.5. The molecule has 0 unspecified atom stereocenters. The first-order chi connectivity index (χ1) is 15.1. The summed E-state index contributed by atoms with van der Waals surface area (Å²) in [5, 5.41) is 7.78. The van der Waals surface area contributed by atoms with E-state index in [1.165, 1.54) is 10.4 Å². The molecule has 0 atom stereocenters. The molecule has 0 amide bonds. The van der Waals surface area contributed by atoms with E-state index in [2.05, 4.69) is 76.6 Å². The molecule has 0 saturated carbocycles. The fraction of sp³-hybridized carbons (Fsp3) is 0.583. The Morgan fingerprint density at radius 2 is 1.94 bits per heavy atom. The molecule has 3 rings (SSSR count). The molecule has 1 saturated heterocycles. The lowest BCUT2D eigenvalue weighted by Crippen LogP contribution is -2.38. The van der Waals surface area contributed by atoms with Crippen LogP contribution in [-0.2, 0) is 17.8 Å². The number of aromatic nitrogens is 1. The molecule has 1 aromatic heterocycles. The van der Waals surface area contributed by atoms with Crippen LogP contribution < -0.4 is 10.6 Å². The van der Waals surface area contributed by atoms with Crippen molar-refractivity contribution < 1.29 is 4.74 Å². The average Bonchev–Trinajstić information content (AvgIpc) is 3.11. The first-order valence-corrected chi connectivity index (χ1v) is 12.3. The van der Waals surface area contributed by atoms with Crippen molar-refractivity contribution in [3.8, 4) is 0 Å². The largest absolute Gasteiger partial charge is 0.378 e. The Balaban J connectivity index is 0.00000363. The highest BCUT2D eigenvalue weighted by Crippen LogP contribution is 2.17. The topological polar surface area (TPSA) is 61.8 Å². The Hall–Kier alpha value is -1.23. The van der Waals surface area contributed by atoms with E-state index in [9.17, 15) is 0 Å². The smallest absolute Gasteiger partial charge is 0.191 e. The summed E-state index contributed by atoms with van der Waals surface area (Å²) in [6.45, 7) is 12.6. The fourth-order valence-electron chi connectivity index (χ4n) is 3.70. The molecule has 1 aromatic carbocycles. The second-order valence-electron chi connectivity index (χ2n) is 8.06. The van der Waals surface area contributed by atoms with E-state index >= 15 is 0 Å². The SMILES string of the molecule is CCNC(=NCc1nc(C)c(C)s1)NCCCOC1CCN(Cc2ccccc2)CC1.I. The lowest BCUT2D eigenvalue weighted by atomic mass is 10.1. The molecule has 0 aliphatic carbocycles. The Kier molecular flexibility index (Phi) is 12.5. The summed E-state index contributed by atoms with van der Waals surface area (Å²) in [6, 6.07) is 10.7. The van der Waals surface area contributed by atoms with Gasteiger partial charge < -0.3 is 15.4 Å². The normalized spacial score (nSPS) is 15.4. The predicted molar refractivity (Wildman–Crippen MR) is 145 cm³/mol. The number of nitrogens with zero attached hydrogens (tertiary/aromatic N) is 3.